The first-order chi connectivity index (χ1) is 11.4. The van der Waals surface area contributed by atoms with E-state index in [1.165, 1.54) is 6.07 Å². The number of hydrogen-bond donors (Lipinski definition) is 0. The van der Waals surface area contributed by atoms with Crippen LogP contribution in [0.4, 0.5) is 8.78 Å². The van der Waals surface area contributed by atoms with E-state index in [2.05, 4.69) is 6.58 Å². The third-order valence-corrected chi connectivity index (χ3v) is 4.31. The highest BCUT2D eigenvalue weighted by Gasteiger charge is 2.11. The van der Waals surface area contributed by atoms with Crippen molar-refractivity contribution in [3.05, 3.63) is 82.9 Å². The molecule has 24 heavy (non-hydrogen) atoms. The molecule has 126 valence electrons. The summed E-state index contributed by atoms with van der Waals surface area (Å²) in [6.45, 7) is 9.68. The molecule has 0 amide bonds. The lowest BCUT2D eigenvalue weighted by atomic mass is 9.92. The minimum absolute atomic E-state index is 0.206. The van der Waals surface area contributed by atoms with Crippen LogP contribution < -0.4 is 0 Å². The Morgan fingerprint density at radius 3 is 2.42 bits per heavy atom. The number of benzene rings is 2. The summed E-state index contributed by atoms with van der Waals surface area (Å²) >= 11 is 0. The lowest BCUT2D eigenvalue weighted by molar-refractivity contribution is 0.621. The average Bonchev–Trinajstić information content (AvgIpc) is 2.55. The lowest BCUT2D eigenvalue weighted by Crippen LogP contribution is -1.99. The van der Waals surface area contributed by atoms with Crippen molar-refractivity contribution >= 4 is 11.1 Å². The lowest BCUT2D eigenvalue weighted by Gasteiger charge is -2.14. The summed E-state index contributed by atoms with van der Waals surface area (Å²) in [5.74, 6) is -0.416. The first-order valence-corrected chi connectivity index (χ1v) is 8.28. The maximum Gasteiger partial charge on any atom is 0.131 e. The zero-order valence-corrected chi connectivity index (χ0v) is 14.6. The van der Waals surface area contributed by atoms with Gasteiger partial charge in [0.15, 0.2) is 0 Å². The molecule has 2 aromatic carbocycles. The molecule has 0 saturated heterocycles. The van der Waals surface area contributed by atoms with E-state index in [1.54, 1.807) is 18.2 Å². The minimum Gasteiger partial charge on any atom is -0.207 e. The quantitative estimate of drug-likeness (QED) is 0.561. The first-order valence-electron chi connectivity index (χ1n) is 8.28. The molecule has 0 spiro atoms. The van der Waals surface area contributed by atoms with E-state index in [9.17, 15) is 8.78 Å². The van der Waals surface area contributed by atoms with Crippen LogP contribution in [0.1, 0.15) is 49.4 Å². The summed E-state index contributed by atoms with van der Waals surface area (Å²) in [4.78, 5) is 0. The summed E-state index contributed by atoms with van der Waals surface area (Å²) in [6, 6.07) is 10.2. The third kappa shape index (κ3) is 4.41. The Morgan fingerprint density at radius 1 is 1.04 bits per heavy atom. The topological polar surface area (TPSA) is 0 Å². The fourth-order valence-corrected chi connectivity index (χ4v) is 2.86. The van der Waals surface area contributed by atoms with Gasteiger partial charge in [0.1, 0.15) is 11.6 Å². The largest absolute Gasteiger partial charge is 0.207 e. The van der Waals surface area contributed by atoms with Gasteiger partial charge in [0.25, 0.3) is 0 Å². The van der Waals surface area contributed by atoms with E-state index in [0.717, 1.165) is 47.1 Å². The molecule has 0 nitrogen and oxygen atoms in total. The predicted octanol–water partition coefficient (Wildman–Crippen LogP) is 6.60. The molecule has 0 unspecified atom stereocenters. The monoisotopic (exact) mass is 326 g/mol. The third-order valence-electron chi connectivity index (χ3n) is 4.31. The molecule has 2 aromatic rings. The number of rotatable bonds is 6. The van der Waals surface area contributed by atoms with Crippen LogP contribution >= 0.6 is 0 Å². The van der Waals surface area contributed by atoms with Gasteiger partial charge in [0, 0.05) is 5.56 Å². The van der Waals surface area contributed by atoms with E-state index >= 15 is 0 Å². The molecule has 0 aliphatic heterocycles. The smallest absolute Gasteiger partial charge is 0.131 e. The standard InChI is InChI=1S/C22H24F2/c1-5-16(4)21-13-18(20(15(2)3)14-22(21)24)10-6-8-17-9-7-11-19(23)12-17/h5,7,9,11-14H,2,6,8,10H2,1,3-4H3/b16-5+. The Kier molecular flexibility index (Phi) is 6.08. The molecule has 0 radical (unpaired) electrons. The summed E-state index contributed by atoms with van der Waals surface area (Å²) in [5.41, 5.74) is 5.38. The molecule has 0 aromatic heterocycles. The summed E-state index contributed by atoms with van der Waals surface area (Å²) in [7, 11) is 0. The number of halogens is 2. The van der Waals surface area contributed by atoms with Crippen molar-refractivity contribution in [1.29, 1.82) is 0 Å². The molecule has 2 heteroatoms. The van der Waals surface area contributed by atoms with Crippen molar-refractivity contribution in [2.24, 2.45) is 0 Å². The van der Waals surface area contributed by atoms with Crippen LogP contribution in [0.25, 0.3) is 11.1 Å². The summed E-state index contributed by atoms with van der Waals surface area (Å²) < 4.78 is 27.6. The molecule has 0 saturated carbocycles. The van der Waals surface area contributed by atoms with E-state index in [0.29, 0.717) is 5.56 Å². The fourth-order valence-electron chi connectivity index (χ4n) is 2.86. The van der Waals surface area contributed by atoms with Gasteiger partial charge in [-0.05, 0) is 86.6 Å². The minimum atomic E-state index is -0.211. The van der Waals surface area contributed by atoms with E-state index in [1.807, 2.05) is 39.0 Å². The first kappa shape index (κ1) is 18.1. The van der Waals surface area contributed by atoms with Gasteiger partial charge in [0.05, 0.1) is 0 Å². The Bertz CT molecular complexity index is 770. The Labute approximate surface area is 143 Å². The number of hydrogen-bond acceptors (Lipinski definition) is 0. The second kappa shape index (κ2) is 8.05. The van der Waals surface area contributed by atoms with Crippen molar-refractivity contribution in [3.8, 4) is 0 Å². The van der Waals surface area contributed by atoms with Crippen molar-refractivity contribution in [2.45, 2.75) is 40.0 Å². The highest BCUT2D eigenvalue weighted by Crippen LogP contribution is 2.27. The Balaban J connectivity index is 2.22. The molecule has 0 bridgehead atoms. The fraction of sp³-hybridized carbons (Fsp3) is 0.273. The van der Waals surface area contributed by atoms with Crippen LogP contribution in [0, 0.1) is 11.6 Å². The maximum atomic E-state index is 14.3. The van der Waals surface area contributed by atoms with Crippen molar-refractivity contribution in [3.63, 3.8) is 0 Å². The van der Waals surface area contributed by atoms with Crippen molar-refractivity contribution in [2.75, 3.05) is 0 Å². The molecule has 0 N–H and O–H groups in total. The SMILES string of the molecule is C=C(C)c1cc(F)c(/C(C)=C/C)cc1CCCc1cccc(F)c1. The zero-order valence-electron chi connectivity index (χ0n) is 14.6. The van der Waals surface area contributed by atoms with Crippen molar-refractivity contribution in [1.82, 2.24) is 0 Å². The molecule has 0 aliphatic carbocycles. The maximum absolute atomic E-state index is 14.3. The highest BCUT2D eigenvalue weighted by atomic mass is 19.1. The summed E-state index contributed by atoms with van der Waals surface area (Å²) in [5, 5.41) is 0. The average molecular weight is 326 g/mol. The second-order valence-corrected chi connectivity index (χ2v) is 6.22. The van der Waals surface area contributed by atoms with E-state index in [4.69, 9.17) is 0 Å². The normalized spacial score (nSPS) is 11.6. The molecule has 2 rings (SSSR count). The van der Waals surface area contributed by atoms with Crippen LogP contribution in [0.2, 0.25) is 0 Å². The van der Waals surface area contributed by atoms with Gasteiger partial charge in [-0.2, -0.15) is 0 Å². The van der Waals surface area contributed by atoms with Crippen LogP contribution in [0.15, 0.2) is 49.1 Å². The van der Waals surface area contributed by atoms with Gasteiger partial charge in [-0.15, -0.1) is 0 Å². The molecule has 0 fully saturated rings. The van der Waals surface area contributed by atoms with Gasteiger partial charge < -0.3 is 0 Å². The Morgan fingerprint density at radius 2 is 1.79 bits per heavy atom. The number of aryl methyl sites for hydroxylation is 2. The van der Waals surface area contributed by atoms with Crippen LogP contribution in [-0.4, -0.2) is 0 Å². The van der Waals surface area contributed by atoms with Crippen LogP contribution in [0.5, 0.6) is 0 Å². The molecular weight excluding hydrogens is 302 g/mol. The van der Waals surface area contributed by atoms with E-state index in [-0.39, 0.29) is 11.6 Å². The molecule has 0 atom stereocenters. The summed E-state index contributed by atoms with van der Waals surface area (Å²) in [6.07, 6.45) is 4.39. The number of allylic oxidation sites excluding steroid dienone is 3. The van der Waals surface area contributed by atoms with Crippen LogP contribution in [-0.2, 0) is 12.8 Å². The van der Waals surface area contributed by atoms with Gasteiger partial charge in [-0.3, -0.25) is 0 Å². The molecule has 0 aliphatic rings. The van der Waals surface area contributed by atoms with Gasteiger partial charge in [-0.25, -0.2) is 8.78 Å². The van der Waals surface area contributed by atoms with Gasteiger partial charge >= 0.3 is 0 Å². The predicted molar refractivity (Wildman–Crippen MR) is 98.9 cm³/mol. The Hall–Kier alpha value is -2.22. The van der Waals surface area contributed by atoms with Gasteiger partial charge in [0.2, 0.25) is 0 Å². The van der Waals surface area contributed by atoms with E-state index < -0.39 is 0 Å². The highest BCUT2D eigenvalue weighted by molar-refractivity contribution is 5.71. The zero-order chi connectivity index (χ0) is 17.7. The van der Waals surface area contributed by atoms with Crippen molar-refractivity contribution < 1.29 is 8.78 Å². The molecule has 0 heterocycles. The molecular formula is C22H24F2. The second-order valence-electron chi connectivity index (χ2n) is 6.22. The van der Waals surface area contributed by atoms with Crippen LogP contribution in [0.3, 0.4) is 0 Å². The van der Waals surface area contributed by atoms with Gasteiger partial charge in [-0.1, -0.05) is 30.4 Å².